The van der Waals surface area contributed by atoms with Gasteiger partial charge in [-0.25, -0.2) is 9.59 Å². The summed E-state index contributed by atoms with van der Waals surface area (Å²) in [6.45, 7) is 19.6. The van der Waals surface area contributed by atoms with Gasteiger partial charge in [-0.2, -0.15) is 0 Å². The zero-order chi connectivity index (χ0) is 28.4. The molecule has 2 aliphatic carbocycles. The van der Waals surface area contributed by atoms with Crippen LogP contribution in [0, 0.1) is 12.8 Å². The van der Waals surface area contributed by atoms with Gasteiger partial charge in [0.2, 0.25) is 0 Å². The summed E-state index contributed by atoms with van der Waals surface area (Å²) < 4.78 is 24.4. The molecule has 5 unspecified atom stereocenters. The Hall–Kier alpha value is -3.28. The Morgan fingerprint density at radius 2 is 1.41 bits per heavy atom. The normalized spacial score (nSPS) is 20.7. The Kier molecular flexibility index (Phi) is 8.73. The van der Waals surface area contributed by atoms with Crippen LogP contribution in [0.25, 0.3) is 10.8 Å². The summed E-state index contributed by atoms with van der Waals surface area (Å²) >= 11 is 0. The lowest BCUT2D eigenvalue weighted by atomic mass is 9.81. The van der Waals surface area contributed by atoms with Crippen LogP contribution in [0.3, 0.4) is 0 Å². The number of benzene rings is 2. The highest BCUT2D eigenvalue weighted by Crippen LogP contribution is 2.63. The van der Waals surface area contributed by atoms with E-state index in [9.17, 15) is 9.59 Å². The van der Waals surface area contributed by atoms with Crippen LogP contribution in [0.4, 0.5) is 0 Å². The molecule has 1 fully saturated rings. The molecule has 210 valence electrons. The third-order valence-corrected chi connectivity index (χ3v) is 8.09. The lowest BCUT2D eigenvalue weighted by molar-refractivity contribution is -0.146. The van der Waals surface area contributed by atoms with E-state index in [2.05, 4.69) is 45.2 Å². The van der Waals surface area contributed by atoms with E-state index in [-0.39, 0.29) is 25.4 Å². The molecule has 0 aromatic heterocycles. The number of carbonyl (C=O) groups excluding carboxylic acids is 2. The van der Waals surface area contributed by atoms with E-state index in [4.69, 9.17) is 18.9 Å². The summed E-state index contributed by atoms with van der Waals surface area (Å²) in [6, 6.07) is 6.33. The van der Waals surface area contributed by atoms with Crippen LogP contribution >= 0.6 is 0 Å². The lowest BCUT2D eigenvalue weighted by Gasteiger charge is -2.29. The zero-order valence-corrected chi connectivity index (χ0v) is 24.2. The van der Waals surface area contributed by atoms with Crippen molar-refractivity contribution in [2.45, 2.75) is 91.3 Å². The van der Waals surface area contributed by atoms with Crippen LogP contribution in [-0.2, 0) is 19.1 Å². The van der Waals surface area contributed by atoms with Gasteiger partial charge < -0.3 is 18.9 Å². The fraction of sp³-hybridized carbons (Fsp3) is 0.515. The molecule has 5 atom stereocenters. The first-order chi connectivity index (χ1) is 18.5. The van der Waals surface area contributed by atoms with Gasteiger partial charge in [0, 0.05) is 33.0 Å². The van der Waals surface area contributed by atoms with Gasteiger partial charge in [-0.3, -0.25) is 0 Å². The van der Waals surface area contributed by atoms with Crippen LogP contribution in [0.15, 0.2) is 42.5 Å². The summed E-state index contributed by atoms with van der Waals surface area (Å²) in [6.07, 6.45) is 2.73. The maximum Gasteiger partial charge on any atom is 0.333 e. The van der Waals surface area contributed by atoms with Crippen LogP contribution in [-0.4, -0.2) is 37.4 Å². The van der Waals surface area contributed by atoms with Gasteiger partial charge in [0.05, 0.1) is 0 Å². The number of fused-ring (bicyclic) bond motifs is 6. The highest BCUT2D eigenvalue weighted by Gasteiger charge is 2.46. The lowest BCUT2D eigenvalue weighted by Crippen LogP contribution is -2.26. The summed E-state index contributed by atoms with van der Waals surface area (Å²) in [5, 5.41) is 1.99. The highest BCUT2D eigenvalue weighted by molar-refractivity contribution is 5.97. The second kappa shape index (κ2) is 11.8. The van der Waals surface area contributed by atoms with Gasteiger partial charge in [0.1, 0.15) is 36.9 Å². The number of hydrogen-bond donors (Lipinski definition) is 0. The van der Waals surface area contributed by atoms with Crippen LogP contribution in [0.2, 0.25) is 0 Å². The Morgan fingerprint density at radius 1 is 0.872 bits per heavy atom. The van der Waals surface area contributed by atoms with Crippen molar-refractivity contribution < 1.29 is 28.5 Å². The minimum atomic E-state index is -0.398. The smallest absolute Gasteiger partial charge is 0.333 e. The minimum Gasteiger partial charge on any atom is -0.489 e. The molecule has 2 aromatic rings. The van der Waals surface area contributed by atoms with Gasteiger partial charge in [-0.1, -0.05) is 51.6 Å². The highest BCUT2D eigenvalue weighted by atomic mass is 16.6. The van der Waals surface area contributed by atoms with Crippen molar-refractivity contribution in [3.63, 3.8) is 0 Å². The monoisotopic (exact) mass is 534 g/mol. The molecule has 2 aliphatic rings. The molecule has 0 heterocycles. The van der Waals surface area contributed by atoms with Crippen molar-refractivity contribution in [1.29, 1.82) is 0 Å². The van der Waals surface area contributed by atoms with Crippen LogP contribution in [0.1, 0.15) is 88.8 Å². The van der Waals surface area contributed by atoms with Crippen LogP contribution in [0.5, 0.6) is 11.5 Å². The van der Waals surface area contributed by atoms with Gasteiger partial charge in [-0.15, -0.1) is 0 Å². The quantitative estimate of drug-likeness (QED) is 0.210. The summed E-state index contributed by atoms with van der Waals surface area (Å²) in [5.41, 5.74) is 4.32. The Labute approximate surface area is 232 Å². The van der Waals surface area contributed by atoms with E-state index >= 15 is 0 Å². The van der Waals surface area contributed by atoms with Crippen molar-refractivity contribution >= 4 is 22.7 Å². The maximum atomic E-state index is 12.2. The topological polar surface area (TPSA) is 71.1 Å². The molecular formula is C33H42O6. The third-order valence-electron chi connectivity index (χ3n) is 8.09. The molecule has 6 heteroatoms. The average Bonchev–Trinajstić information content (AvgIpc) is 3.46. The minimum absolute atomic E-state index is 0.270. The number of hydrogen-bond acceptors (Lipinski definition) is 6. The molecule has 0 aliphatic heterocycles. The predicted octanol–water partition coefficient (Wildman–Crippen LogP) is 7.31. The molecule has 39 heavy (non-hydrogen) atoms. The van der Waals surface area contributed by atoms with Gasteiger partial charge >= 0.3 is 11.9 Å². The van der Waals surface area contributed by atoms with Crippen molar-refractivity contribution in [1.82, 2.24) is 0 Å². The fourth-order valence-electron chi connectivity index (χ4n) is 5.88. The molecular weight excluding hydrogens is 492 g/mol. The number of esters is 2. The molecule has 1 saturated carbocycles. The summed E-state index contributed by atoms with van der Waals surface area (Å²) in [5.74, 6) is 2.27. The second-order valence-electron chi connectivity index (χ2n) is 11.3. The fourth-order valence-corrected chi connectivity index (χ4v) is 5.88. The molecule has 0 spiro atoms. The van der Waals surface area contributed by atoms with E-state index in [1.165, 1.54) is 11.1 Å². The predicted molar refractivity (Wildman–Crippen MR) is 154 cm³/mol. The van der Waals surface area contributed by atoms with Gasteiger partial charge in [0.25, 0.3) is 0 Å². The second-order valence-corrected chi connectivity index (χ2v) is 11.3. The first-order valence-electron chi connectivity index (χ1n) is 14.1. The molecule has 4 rings (SSSR count). The zero-order valence-electron chi connectivity index (χ0n) is 24.2. The van der Waals surface area contributed by atoms with Crippen LogP contribution < -0.4 is 9.47 Å². The summed E-state index contributed by atoms with van der Waals surface area (Å²) in [4.78, 5) is 24.4. The number of ether oxygens (including phenoxy) is 4. The SMILES string of the molecule is C=C(C)C(=O)OC(CC)COc1c2c(c(OCC(CC)OC(=O)C(=C)C)c3ccc(C)cc13)C1CC2CC1C. The number of carbonyl (C=O) groups is 2. The number of aryl methyl sites for hydroxylation is 1. The Bertz CT molecular complexity index is 1290. The first-order valence-corrected chi connectivity index (χ1v) is 14.1. The average molecular weight is 535 g/mol. The van der Waals surface area contributed by atoms with Crippen molar-refractivity contribution in [2.24, 2.45) is 5.92 Å². The first kappa shape index (κ1) is 28.7. The molecule has 6 nitrogen and oxygen atoms in total. The Balaban J connectivity index is 1.74. The van der Waals surface area contributed by atoms with Crippen molar-refractivity contribution in [3.8, 4) is 11.5 Å². The standard InChI is InChI=1S/C33H42O6/c1-9-23(38-32(34)18(3)4)16-36-30-25-12-11-20(7)13-27(25)31(28-22-14-21(8)26(15-22)29(28)30)37-17-24(10-2)39-33(35)19(5)6/h11-13,21-24,26H,3,5,9-10,14-17H2,1-2,4,6-8H3. The summed E-state index contributed by atoms with van der Waals surface area (Å²) in [7, 11) is 0. The van der Waals surface area contributed by atoms with Gasteiger partial charge in [0.15, 0.2) is 0 Å². The van der Waals surface area contributed by atoms with E-state index in [0.717, 1.165) is 40.7 Å². The molecule has 2 aromatic carbocycles. The van der Waals surface area contributed by atoms with E-state index in [1.807, 2.05) is 13.8 Å². The van der Waals surface area contributed by atoms with Crippen molar-refractivity contribution in [2.75, 3.05) is 13.2 Å². The van der Waals surface area contributed by atoms with E-state index in [0.29, 0.717) is 41.7 Å². The molecule has 2 bridgehead atoms. The number of rotatable bonds is 12. The van der Waals surface area contributed by atoms with Gasteiger partial charge in [-0.05, 0) is 70.3 Å². The third kappa shape index (κ3) is 5.85. The van der Waals surface area contributed by atoms with Crippen molar-refractivity contribution in [3.05, 3.63) is 59.2 Å². The van der Waals surface area contributed by atoms with E-state index < -0.39 is 11.9 Å². The molecule has 0 radical (unpaired) electrons. The molecule has 0 N–H and O–H groups in total. The molecule has 0 saturated heterocycles. The van der Waals surface area contributed by atoms with E-state index in [1.54, 1.807) is 13.8 Å². The maximum absolute atomic E-state index is 12.2. The largest absolute Gasteiger partial charge is 0.489 e. The Morgan fingerprint density at radius 3 is 1.92 bits per heavy atom. The molecule has 0 amide bonds.